The molecule has 0 amide bonds. The maximum Gasteiger partial charge on any atom is 0.152 e. The monoisotopic (exact) mass is 198 g/mol. The van der Waals surface area contributed by atoms with Crippen LogP contribution in [0.4, 0.5) is 11.5 Å². The number of hydrogen-bond acceptors (Lipinski definition) is 3. The summed E-state index contributed by atoms with van der Waals surface area (Å²) in [6, 6.07) is 11.2. The van der Waals surface area contributed by atoms with E-state index in [0.29, 0.717) is 5.56 Å². The third kappa shape index (κ3) is 2.15. The highest BCUT2D eigenvalue weighted by Gasteiger charge is 1.97. The number of nitriles is 1. The van der Waals surface area contributed by atoms with E-state index in [9.17, 15) is 0 Å². The summed E-state index contributed by atoms with van der Waals surface area (Å²) >= 11 is 0. The number of anilines is 2. The first-order valence-corrected chi connectivity index (χ1v) is 4.55. The van der Waals surface area contributed by atoms with Crippen LogP contribution >= 0.6 is 0 Å². The minimum Gasteiger partial charge on any atom is -0.339 e. The van der Waals surface area contributed by atoms with Crippen LogP contribution in [0.15, 0.2) is 36.5 Å². The minimum absolute atomic E-state index is 0.654. The van der Waals surface area contributed by atoms with Crippen molar-refractivity contribution in [3.05, 3.63) is 42.1 Å². The fourth-order valence-corrected chi connectivity index (χ4v) is 1.26. The molecule has 0 radical (unpaired) electrons. The molecule has 0 saturated carbocycles. The lowest BCUT2D eigenvalue weighted by Gasteiger charge is -2.01. The number of nitrogens with zero attached hydrogens (tertiary/aromatic N) is 3. The van der Waals surface area contributed by atoms with E-state index in [1.54, 1.807) is 16.8 Å². The van der Waals surface area contributed by atoms with Gasteiger partial charge < -0.3 is 5.32 Å². The molecule has 1 N–H and O–H groups in total. The first kappa shape index (κ1) is 9.28. The zero-order chi connectivity index (χ0) is 10.7. The maximum atomic E-state index is 8.64. The van der Waals surface area contributed by atoms with E-state index in [0.717, 1.165) is 11.5 Å². The summed E-state index contributed by atoms with van der Waals surface area (Å²) in [6.07, 6.45) is 1.87. The number of benzene rings is 1. The maximum absolute atomic E-state index is 8.64. The predicted molar refractivity (Wildman–Crippen MR) is 57.6 cm³/mol. The van der Waals surface area contributed by atoms with Gasteiger partial charge in [-0.15, -0.1) is 0 Å². The molecule has 0 unspecified atom stereocenters. The quantitative estimate of drug-likeness (QED) is 0.803. The molecule has 1 aromatic heterocycles. The summed E-state index contributed by atoms with van der Waals surface area (Å²) in [4.78, 5) is 0. The van der Waals surface area contributed by atoms with Crippen LogP contribution in [0.25, 0.3) is 0 Å². The molecule has 0 atom stereocenters. The van der Waals surface area contributed by atoms with E-state index in [2.05, 4.69) is 16.5 Å². The molecule has 1 heterocycles. The largest absolute Gasteiger partial charge is 0.339 e. The summed E-state index contributed by atoms with van der Waals surface area (Å²) in [5, 5.41) is 16.0. The number of rotatable bonds is 2. The van der Waals surface area contributed by atoms with Crippen LogP contribution in [0.3, 0.4) is 0 Å². The van der Waals surface area contributed by atoms with Crippen molar-refractivity contribution in [1.29, 1.82) is 5.26 Å². The van der Waals surface area contributed by atoms with Crippen LogP contribution in [0.5, 0.6) is 0 Å². The Bertz CT molecular complexity index is 490. The Balaban J connectivity index is 2.15. The molecule has 0 aliphatic rings. The average Bonchev–Trinajstić information content (AvgIpc) is 2.65. The third-order valence-electron chi connectivity index (χ3n) is 2.00. The first-order chi connectivity index (χ1) is 7.28. The summed E-state index contributed by atoms with van der Waals surface area (Å²) in [5.74, 6) is 0.794. The van der Waals surface area contributed by atoms with E-state index < -0.39 is 0 Å². The van der Waals surface area contributed by atoms with E-state index in [-0.39, 0.29) is 0 Å². The lowest BCUT2D eigenvalue weighted by molar-refractivity contribution is 0.771. The Labute approximate surface area is 87.8 Å². The lowest BCUT2D eigenvalue weighted by Crippen LogP contribution is -1.93. The number of hydrogen-bond donors (Lipinski definition) is 1. The fourth-order valence-electron chi connectivity index (χ4n) is 1.26. The van der Waals surface area contributed by atoms with E-state index in [1.807, 2.05) is 31.4 Å². The molecule has 0 saturated heterocycles. The van der Waals surface area contributed by atoms with E-state index in [1.165, 1.54) is 0 Å². The van der Waals surface area contributed by atoms with Gasteiger partial charge in [-0.3, -0.25) is 4.68 Å². The molecule has 74 valence electrons. The summed E-state index contributed by atoms with van der Waals surface area (Å²) < 4.78 is 1.73. The zero-order valence-corrected chi connectivity index (χ0v) is 8.31. The molecule has 1 aromatic carbocycles. The topological polar surface area (TPSA) is 53.6 Å². The van der Waals surface area contributed by atoms with Gasteiger partial charge >= 0.3 is 0 Å². The Morgan fingerprint density at radius 2 is 2.00 bits per heavy atom. The zero-order valence-electron chi connectivity index (χ0n) is 8.31. The van der Waals surface area contributed by atoms with Crippen LogP contribution in [0.1, 0.15) is 5.56 Å². The van der Waals surface area contributed by atoms with Crippen molar-refractivity contribution in [2.45, 2.75) is 0 Å². The van der Waals surface area contributed by atoms with Crippen molar-refractivity contribution in [1.82, 2.24) is 9.78 Å². The van der Waals surface area contributed by atoms with Crippen LogP contribution in [0.2, 0.25) is 0 Å². The standard InChI is InChI=1S/C11H10N4/c1-15-7-6-11(14-15)13-10-4-2-9(8-12)3-5-10/h2-7H,1H3,(H,13,14). The van der Waals surface area contributed by atoms with Crippen molar-refractivity contribution in [2.75, 3.05) is 5.32 Å². The van der Waals surface area contributed by atoms with Gasteiger partial charge in [-0.2, -0.15) is 10.4 Å². The third-order valence-corrected chi connectivity index (χ3v) is 2.00. The van der Waals surface area contributed by atoms with Gasteiger partial charge in [0.2, 0.25) is 0 Å². The van der Waals surface area contributed by atoms with Gasteiger partial charge in [-0.05, 0) is 24.3 Å². The lowest BCUT2D eigenvalue weighted by atomic mass is 10.2. The van der Waals surface area contributed by atoms with Gasteiger partial charge in [-0.1, -0.05) is 0 Å². The van der Waals surface area contributed by atoms with Crippen molar-refractivity contribution >= 4 is 11.5 Å². The molecular formula is C11H10N4. The highest BCUT2D eigenvalue weighted by atomic mass is 15.3. The fraction of sp³-hybridized carbons (Fsp3) is 0.0909. The Morgan fingerprint density at radius 3 is 2.53 bits per heavy atom. The van der Waals surface area contributed by atoms with Crippen LogP contribution < -0.4 is 5.32 Å². The summed E-state index contributed by atoms with van der Waals surface area (Å²) in [6.45, 7) is 0. The Hall–Kier alpha value is -2.28. The van der Waals surface area contributed by atoms with Gasteiger partial charge in [-0.25, -0.2) is 0 Å². The van der Waals surface area contributed by atoms with Crippen molar-refractivity contribution in [2.24, 2.45) is 7.05 Å². The molecule has 0 aliphatic heterocycles. The molecule has 0 bridgehead atoms. The Morgan fingerprint density at radius 1 is 1.27 bits per heavy atom. The second-order valence-corrected chi connectivity index (χ2v) is 3.19. The summed E-state index contributed by atoms with van der Waals surface area (Å²) in [5.41, 5.74) is 1.58. The predicted octanol–water partition coefficient (Wildman–Crippen LogP) is 2.04. The second-order valence-electron chi connectivity index (χ2n) is 3.19. The molecule has 4 nitrogen and oxygen atoms in total. The smallest absolute Gasteiger partial charge is 0.152 e. The molecule has 4 heteroatoms. The van der Waals surface area contributed by atoms with Crippen molar-refractivity contribution in [3.8, 4) is 6.07 Å². The van der Waals surface area contributed by atoms with E-state index in [4.69, 9.17) is 5.26 Å². The molecule has 2 aromatic rings. The van der Waals surface area contributed by atoms with Crippen LogP contribution in [-0.2, 0) is 7.05 Å². The highest BCUT2D eigenvalue weighted by molar-refractivity contribution is 5.56. The molecule has 0 spiro atoms. The second kappa shape index (κ2) is 3.84. The van der Waals surface area contributed by atoms with Crippen LogP contribution in [0, 0.1) is 11.3 Å². The molecule has 2 rings (SSSR count). The van der Waals surface area contributed by atoms with Crippen LogP contribution in [-0.4, -0.2) is 9.78 Å². The van der Waals surface area contributed by atoms with Crippen molar-refractivity contribution < 1.29 is 0 Å². The molecular weight excluding hydrogens is 188 g/mol. The molecule has 15 heavy (non-hydrogen) atoms. The number of aryl methyl sites for hydroxylation is 1. The SMILES string of the molecule is Cn1ccc(Nc2ccc(C#N)cc2)n1. The summed E-state index contributed by atoms with van der Waals surface area (Å²) in [7, 11) is 1.87. The van der Waals surface area contributed by atoms with Crippen molar-refractivity contribution in [3.63, 3.8) is 0 Å². The average molecular weight is 198 g/mol. The van der Waals surface area contributed by atoms with Gasteiger partial charge in [0.1, 0.15) is 0 Å². The van der Waals surface area contributed by atoms with Gasteiger partial charge in [0.15, 0.2) is 5.82 Å². The number of nitrogens with one attached hydrogen (secondary N) is 1. The molecule has 0 fully saturated rings. The van der Waals surface area contributed by atoms with Gasteiger partial charge in [0.25, 0.3) is 0 Å². The first-order valence-electron chi connectivity index (χ1n) is 4.55. The number of aromatic nitrogens is 2. The Kier molecular flexibility index (Phi) is 2.38. The van der Waals surface area contributed by atoms with Gasteiger partial charge in [0, 0.05) is 25.0 Å². The normalized spacial score (nSPS) is 9.60. The minimum atomic E-state index is 0.654. The molecule has 0 aliphatic carbocycles. The highest BCUT2D eigenvalue weighted by Crippen LogP contribution is 2.14. The van der Waals surface area contributed by atoms with Gasteiger partial charge in [0.05, 0.1) is 11.6 Å². The van der Waals surface area contributed by atoms with E-state index >= 15 is 0 Å².